The average molecular weight is 253 g/mol. The molecular weight excluding hydrogens is 237 g/mol. The Morgan fingerprint density at radius 3 is 2.94 bits per heavy atom. The highest BCUT2D eigenvalue weighted by Gasteiger charge is 2.45. The van der Waals surface area contributed by atoms with Gasteiger partial charge in [-0.25, -0.2) is 4.39 Å². The first-order valence-electron chi connectivity index (χ1n) is 6.03. The SMILES string of the molecule is NSC[C@H]1CC2(CCC2)Oc2cc(F)ccc21. The molecule has 1 saturated carbocycles. The molecule has 1 aromatic rings. The van der Waals surface area contributed by atoms with Crippen molar-refractivity contribution in [1.82, 2.24) is 0 Å². The van der Waals surface area contributed by atoms with E-state index in [2.05, 4.69) is 0 Å². The minimum Gasteiger partial charge on any atom is -0.487 e. The Morgan fingerprint density at radius 1 is 1.47 bits per heavy atom. The molecule has 1 aromatic carbocycles. The van der Waals surface area contributed by atoms with Gasteiger partial charge in [-0.2, -0.15) is 0 Å². The molecule has 1 heterocycles. The lowest BCUT2D eigenvalue weighted by Gasteiger charge is -2.47. The first-order valence-corrected chi connectivity index (χ1v) is 7.07. The zero-order valence-corrected chi connectivity index (χ0v) is 10.4. The summed E-state index contributed by atoms with van der Waals surface area (Å²) in [5.74, 6) is 1.79. The fraction of sp³-hybridized carbons (Fsp3) is 0.538. The van der Waals surface area contributed by atoms with E-state index in [0.717, 1.165) is 36.3 Å². The van der Waals surface area contributed by atoms with Gasteiger partial charge >= 0.3 is 0 Å². The molecule has 0 saturated heterocycles. The molecule has 0 amide bonds. The second-order valence-corrected chi connectivity index (χ2v) is 5.72. The van der Waals surface area contributed by atoms with E-state index in [-0.39, 0.29) is 11.4 Å². The molecule has 0 bridgehead atoms. The van der Waals surface area contributed by atoms with Gasteiger partial charge in [0.15, 0.2) is 0 Å². The van der Waals surface area contributed by atoms with Crippen LogP contribution in [0.25, 0.3) is 0 Å². The van der Waals surface area contributed by atoms with Gasteiger partial charge in [-0.3, -0.25) is 5.14 Å². The Bertz CT molecular complexity index is 433. The lowest BCUT2D eigenvalue weighted by molar-refractivity contribution is -0.0315. The normalized spacial score (nSPS) is 24.9. The lowest BCUT2D eigenvalue weighted by Crippen LogP contribution is -2.47. The van der Waals surface area contributed by atoms with Crippen molar-refractivity contribution >= 4 is 11.9 Å². The molecule has 0 unspecified atom stereocenters. The van der Waals surface area contributed by atoms with Crippen molar-refractivity contribution in [3.05, 3.63) is 29.6 Å². The Balaban J connectivity index is 1.96. The van der Waals surface area contributed by atoms with Gasteiger partial charge in [0.1, 0.15) is 17.2 Å². The van der Waals surface area contributed by atoms with Gasteiger partial charge in [0.25, 0.3) is 0 Å². The van der Waals surface area contributed by atoms with E-state index in [1.54, 1.807) is 0 Å². The second kappa shape index (κ2) is 4.18. The van der Waals surface area contributed by atoms with Gasteiger partial charge in [0.05, 0.1) is 0 Å². The van der Waals surface area contributed by atoms with E-state index in [9.17, 15) is 4.39 Å². The number of ether oxygens (including phenoxy) is 1. The Kier molecular flexibility index (Phi) is 2.79. The summed E-state index contributed by atoms with van der Waals surface area (Å²) in [6.07, 6.45) is 4.42. The standard InChI is InChI=1S/C13H16FNOS/c14-10-2-3-11-9(8-17-15)7-13(4-1-5-13)16-12(11)6-10/h2-3,6,9H,1,4-5,7-8,15H2/t9-/m1/s1. The molecule has 17 heavy (non-hydrogen) atoms. The molecule has 2 aliphatic rings. The third-order valence-corrected chi connectivity index (χ3v) is 4.52. The summed E-state index contributed by atoms with van der Waals surface area (Å²) in [7, 11) is 0. The Hall–Kier alpha value is -0.740. The largest absolute Gasteiger partial charge is 0.487 e. The molecule has 1 atom stereocenters. The van der Waals surface area contributed by atoms with E-state index in [4.69, 9.17) is 9.88 Å². The van der Waals surface area contributed by atoms with Gasteiger partial charge in [-0.1, -0.05) is 18.0 Å². The van der Waals surface area contributed by atoms with Crippen LogP contribution in [0.2, 0.25) is 0 Å². The van der Waals surface area contributed by atoms with Crippen LogP contribution in [0.5, 0.6) is 5.75 Å². The van der Waals surface area contributed by atoms with E-state index >= 15 is 0 Å². The van der Waals surface area contributed by atoms with Crippen molar-refractivity contribution in [3.8, 4) is 5.75 Å². The highest BCUT2D eigenvalue weighted by Crippen LogP contribution is 2.50. The van der Waals surface area contributed by atoms with Crippen molar-refractivity contribution in [3.63, 3.8) is 0 Å². The van der Waals surface area contributed by atoms with Crippen LogP contribution in [-0.4, -0.2) is 11.4 Å². The van der Waals surface area contributed by atoms with Gasteiger partial charge in [0, 0.05) is 17.7 Å². The number of halogens is 1. The lowest BCUT2D eigenvalue weighted by atomic mass is 9.71. The van der Waals surface area contributed by atoms with Crippen molar-refractivity contribution in [2.24, 2.45) is 5.14 Å². The molecule has 0 radical (unpaired) electrons. The van der Waals surface area contributed by atoms with Crippen LogP contribution >= 0.6 is 11.9 Å². The third-order valence-electron chi connectivity index (χ3n) is 3.92. The van der Waals surface area contributed by atoms with E-state index in [0.29, 0.717) is 5.92 Å². The minimum atomic E-state index is -0.223. The fourth-order valence-electron chi connectivity index (χ4n) is 2.91. The zero-order valence-electron chi connectivity index (χ0n) is 9.62. The van der Waals surface area contributed by atoms with E-state index in [1.807, 2.05) is 6.07 Å². The molecule has 1 spiro atoms. The van der Waals surface area contributed by atoms with Gasteiger partial charge in [-0.15, -0.1) is 0 Å². The minimum absolute atomic E-state index is 0.0266. The summed E-state index contributed by atoms with van der Waals surface area (Å²) in [4.78, 5) is 0. The van der Waals surface area contributed by atoms with Crippen LogP contribution < -0.4 is 9.88 Å². The van der Waals surface area contributed by atoms with Gasteiger partial charge in [0.2, 0.25) is 0 Å². The molecule has 1 aliphatic heterocycles. The molecular formula is C13H16FNOS. The molecule has 0 aromatic heterocycles. The molecule has 4 heteroatoms. The highest BCUT2D eigenvalue weighted by molar-refractivity contribution is 7.97. The topological polar surface area (TPSA) is 35.2 Å². The van der Waals surface area contributed by atoms with E-state index < -0.39 is 0 Å². The zero-order chi connectivity index (χ0) is 11.9. The monoisotopic (exact) mass is 253 g/mol. The van der Waals surface area contributed by atoms with Crippen LogP contribution in [0.3, 0.4) is 0 Å². The average Bonchev–Trinajstić information content (AvgIpc) is 2.26. The number of hydrogen-bond acceptors (Lipinski definition) is 3. The summed E-state index contributed by atoms with van der Waals surface area (Å²) in [6.45, 7) is 0. The Morgan fingerprint density at radius 2 is 2.29 bits per heavy atom. The molecule has 2 N–H and O–H groups in total. The number of hydrogen-bond donors (Lipinski definition) is 1. The van der Waals surface area contributed by atoms with Crippen LogP contribution in [0.4, 0.5) is 4.39 Å². The quantitative estimate of drug-likeness (QED) is 0.822. The maximum atomic E-state index is 13.3. The summed E-state index contributed by atoms with van der Waals surface area (Å²) in [5.41, 5.74) is 1.09. The van der Waals surface area contributed by atoms with Crippen LogP contribution in [0, 0.1) is 5.82 Å². The van der Waals surface area contributed by atoms with Crippen molar-refractivity contribution < 1.29 is 9.13 Å². The summed E-state index contributed by atoms with van der Waals surface area (Å²) < 4.78 is 19.3. The summed E-state index contributed by atoms with van der Waals surface area (Å²) >= 11 is 1.36. The molecule has 3 rings (SSSR count). The second-order valence-electron chi connectivity index (χ2n) is 5.06. The molecule has 1 fully saturated rings. The molecule has 92 valence electrons. The number of nitrogens with two attached hydrogens (primary N) is 1. The van der Waals surface area contributed by atoms with E-state index in [1.165, 1.54) is 30.5 Å². The van der Waals surface area contributed by atoms with Crippen LogP contribution in [0.1, 0.15) is 37.2 Å². The summed E-state index contributed by atoms with van der Waals surface area (Å²) in [5, 5.41) is 5.60. The smallest absolute Gasteiger partial charge is 0.126 e. The van der Waals surface area contributed by atoms with Crippen LogP contribution in [-0.2, 0) is 0 Å². The first-order chi connectivity index (χ1) is 8.22. The van der Waals surface area contributed by atoms with Crippen molar-refractivity contribution in [2.75, 3.05) is 5.75 Å². The van der Waals surface area contributed by atoms with Gasteiger partial charge in [-0.05, 0) is 37.3 Å². The molecule has 1 aliphatic carbocycles. The van der Waals surface area contributed by atoms with Crippen molar-refractivity contribution in [1.29, 1.82) is 0 Å². The van der Waals surface area contributed by atoms with Crippen molar-refractivity contribution in [2.45, 2.75) is 37.2 Å². The third kappa shape index (κ3) is 1.93. The maximum absolute atomic E-state index is 13.3. The molecule has 2 nitrogen and oxygen atoms in total. The predicted molar refractivity (Wildman–Crippen MR) is 67.6 cm³/mol. The van der Waals surface area contributed by atoms with Crippen LogP contribution in [0.15, 0.2) is 18.2 Å². The maximum Gasteiger partial charge on any atom is 0.126 e. The number of rotatable bonds is 2. The summed E-state index contributed by atoms with van der Waals surface area (Å²) in [6, 6.07) is 4.87. The highest BCUT2D eigenvalue weighted by atomic mass is 32.2. The number of benzene rings is 1. The Labute approximate surface area is 105 Å². The number of fused-ring (bicyclic) bond motifs is 1. The first kappa shape index (κ1) is 11.4. The van der Waals surface area contributed by atoms with Gasteiger partial charge < -0.3 is 4.74 Å². The predicted octanol–water partition coefficient (Wildman–Crippen LogP) is 3.22. The fourth-order valence-corrected chi connectivity index (χ4v) is 3.44.